The third-order valence-corrected chi connectivity index (χ3v) is 9.47. The molecule has 0 radical (unpaired) electrons. The number of aromatic nitrogens is 4. The fourth-order valence-corrected chi connectivity index (χ4v) is 7.24. The average Bonchev–Trinajstić information content (AvgIpc) is 3.72. The maximum absolute atomic E-state index is 15.6. The maximum Gasteiger partial charge on any atom is 0.241 e. The van der Waals surface area contributed by atoms with E-state index in [1.54, 1.807) is 26.4 Å². The van der Waals surface area contributed by atoms with Crippen molar-refractivity contribution >= 4 is 22.8 Å². The summed E-state index contributed by atoms with van der Waals surface area (Å²) in [6.07, 6.45) is -2.41. The molecule has 0 amide bonds. The van der Waals surface area contributed by atoms with E-state index < -0.39 is 41.8 Å². The van der Waals surface area contributed by atoms with Gasteiger partial charge in [-0.2, -0.15) is 0 Å². The Labute approximate surface area is 287 Å². The number of aliphatic hydroxyl groups excluding tert-OH is 3. The predicted molar refractivity (Wildman–Crippen MR) is 184 cm³/mol. The summed E-state index contributed by atoms with van der Waals surface area (Å²) in [6.45, 7) is -0.685. The monoisotopic (exact) mass is 673 g/mol. The van der Waals surface area contributed by atoms with E-state index in [-0.39, 0.29) is 22.5 Å². The number of nitrogens with two attached hydrogens (primary N) is 1. The Kier molecular flexibility index (Phi) is 8.54. The van der Waals surface area contributed by atoms with Gasteiger partial charge in [0, 0.05) is 16.7 Å². The van der Waals surface area contributed by atoms with Crippen LogP contribution in [0.5, 0.6) is 11.5 Å². The molecule has 0 saturated carbocycles. The van der Waals surface area contributed by atoms with E-state index >= 15 is 4.79 Å². The zero-order valence-electron chi connectivity index (χ0n) is 27.2. The Morgan fingerprint density at radius 3 is 2.02 bits per heavy atom. The fourth-order valence-electron chi connectivity index (χ4n) is 7.24. The molecule has 50 heavy (non-hydrogen) atoms. The summed E-state index contributed by atoms with van der Waals surface area (Å²) in [4.78, 5) is 28.3. The highest BCUT2D eigenvalue weighted by Gasteiger charge is 2.62. The van der Waals surface area contributed by atoms with Crippen molar-refractivity contribution < 1.29 is 34.3 Å². The van der Waals surface area contributed by atoms with Gasteiger partial charge in [0.15, 0.2) is 11.5 Å². The van der Waals surface area contributed by atoms with Crippen molar-refractivity contribution in [1.29, 1.82) is 0 Å². The molecule has 1 aliphatic rings. The van der Waals surface area contributed by atoms with Crippen LogP contribution in [0.15, 0.2) is 116 Å². The second kappa shape index (κ2) is 13.0. The summed E-state index contributed by atoms with van der Waals surface area (Å²) in [5.41, 5.74) is 5.50. The van der Waals surface area contributed by atoms with E-state index in [1.165, 1.54) is 17.2 Å². The number of aliphatic hydroxyl groups is 3. The molecular formula is C38H35N5O7. The summed E-state index contributed by atoms with van der Waals surface area (Å²) >= 11 is 0. The van der Waals surface area contributed by atoms with E-state index in [1.807, 2.05) is 91.0 Å². The van der Waals surface area contributed by atoms with Gasteiger partial charge in [-0.3, -0.25) is 9.36 Å². The molecule has 12 heteroatoms. The highest BCUT2D eigenvalue weighted by molar-refractivity contribution is 6.04. The number of imidazole rings is 1. The summed E-state index contributed by atoms with van der Waals surface area (Å²) in [6, 6.07) is 31.7. The van der Waals surface area contributed by atoms with Gasteiger partial charge in [0.05, 0.1) is 26.2 Å². The Balaban J connectivity index is 1.61. The highest BCUT2D eigenvalue weighted by atomic mass is 16.6. The van der Waals surface area contributed by atoms with E-state index in [0.717, 1.165) is 5.56 Å². The van der Waals surface area contributed by atoms with Gasteiger partial charge in [-0.1, -0.05) is 91.0 Å². The molecule has 5 N–H and O–H groups in total. The third kappa shape index (κ3) is 4.76. The number of benzene rings is 4. The Morgan fingerprint density at radius 1 is 0.840 bits per heavy atom. The van der Waals surface area contributed by atoms with E-state index in [9.17, 15) is 15.3 Å². The van der Waals surface area contributed by atoms with Gasteiger partial charge in [-0.05, 0) is 23.3 Å². The van der Waals surface area contributed by atoms with Crippen molar-refractivity contribution in [1.82, 2.24) is 19.5 Å². The van der Waals surface area contributed by atoms with Gasteiger partial charge >= 0.3 is 0 Å². The van der Waals surface area contributed by atoms with Crippen LogP contribution < -0.4 is 15.2 Å². The number of ether oxygens (including phenoxy) is 3. The Morgan fingerprint density at radius 2 is 1.42 bits per heavy atom. The maximum atomic E-state index is 15.6. The molecule has 2 aromatic heterocycles. The number of para-hydroxylation sites is 2. The van der Waals surface area contributed by atoms with Crippen LogP contribution in [0.1, 0.15) is 32.6 Å². The number of rotatable bonds is 10. The topological polar surface area (TPSA) is 175 Å². The van der Waals surface area contributed by atoms with Gasteiger partial charge in [0.2, 0.25) is 11.5 Å². The number of carbonyl (C=O) groups is 1. The molecule has 4 aromatic carbocycles. The number of carbonyl (C=O) groups excluding carboxylic acids is 1. The van der Waals surface area contributed by atoms with Crippen LogP contribution in [-0.2, 0) is 15.9 Å². The standard InChI is InChI=1S/C38H35N5O7/c1-48-28-18-10-8-16-26(28)37(23-12-4-3-5-13-23,27-17-9-11-19-29(27)49-2)25-15-7-6-14-24(25)33(46)38(34(47)32(45)30(20-44)50-38)43-22-42-31-35(39)40-21-41-36(31)43/h3-19,21-22,30,32,34,44-45,47H,20H2,1-2H3,(H2,39,40,41)/t30-,32-,34-,38-/m1/s1. The van der Waals surface area contributed by atoms with E-state index in [2.05, 4.69) is 15.0 Å². The quantitative estimate of drug-likeness (QED) is 0.124. The van der Waals surface area contributed by atoms with Crippen molar-refractivity contribution in [3.63, 3.8) is 0 Å². The summed E-state index contributed by atoms with van der Waals surface area (Å²) in [5.74, 6) is 0.385. The number of Topliss-reactive ketones (excluding diaryl/α,β-unsaturated/α-hetero) is 1. The zero-order chi connectivity index (χ0) is 35.0. The number of ketones is 1. The minimum absolute atomic E-state index is 0.0407. The molecule has 3 heterocycles. The van der Waals surface area contributed by atoms with Crippen LogP contribution >= 0.6 is 0 Å². The number of fused-ring (bicyclic) bond motifs is 1. The molecule has 0 unspecified atom stereocenters. The SMILES string of the molecule is COc1ccccc1C(c1ccccc1)(c1ccccc1OC)c1ccccc1C(=O)[C@@]1(n2cnc3c(N)ncnc32)O[C@H](CO)[C@@H](O)[C@H]1O. The molecule has 6 aromatic rings. The second-order valence-electron chi connectivity index (χ2n) is 11.9. The van der Waals surface area contributed by atoms with E-state index in [4.69, 9.17) is 19.9 Å². The normalized spacial score (nSPS) is 20.5. The Bertz CT molecular complexity index is 2130. The number of nitrogen functional groups attached to an aromatic ring is 1. The van der Waals surface area contributed by atoms with Crippen molar-refractivity contribution in [2.75, 3.05) is 26.6 Å². The molecule has 1 fully saturated rings. The molecular weight excluding hydrogens is 638 g/mol. The van der Waals surface area contributed by atoms with Crippen LogP contribution in [0.4, 0.5) is 5.82 Å². The molecule has 1 aliphatic heterocycles. The van der Waals surface area contributed by atoms with Crippen LogP contribution in [0, 0.1) is 0 Å². The van der Waals surface area contributed by atoms with Crippen LogP contribution in [0.2, 0.25) is 0 Å². The lowest BCUT2D eigenvalue weighted by Gasteiger charge is -2.40. The van der Waals surface area contributed by atoms with Gasteiger partial charge < -0.3 is 35.3 Å². The minimum atomic E-state index is -2.36. The molecule has 1 saturated heterocycles. The van der Waals surface area contributed by atoms with Crippen molar-refractivity contribution in [3.8, 4) is 11.5 Å². The Hall–Kier alpha value is -5.66. The van der Waals surface area contributed by atoms with Crippen molar-refractivity contribution in [3.05, 3.63) is 144 Å². The molecule has 0 spiro atoms. The number of hydrogen-bond acceptors (Lipinski definition) is 11. The van der Waals surface area contributed by atoms with Crippen molar-refractivity contribution in [2.45, 2.75) is 29.5 Å². The number of methoxy groups -OCH3 is 2. The second-order valence-corrected chi connectivity index (χ2v) is 11.9. The molecule has 254 valence electrons. The first-order chi connectivity index (χ1) is 24.3. The molecule has 0 aliphatic carbocycles. The van der Waals surface area contributed by atoms with Gasteiger partial charge in [0.1, 0.15) is 48.0 Å². The first-order valence-electron chi connectivity index (χ1n) is 15.9. The first-order valence-corrected chi connectivity index (χ1v) is 15.9. The predicted octanol–water partition coefficient (Wildman–Crippen LogP) is 3.46. The summed E-state index contributed by atoms with van der Waals surface area (Å²) in [7, 11) is 3.17. The van der Waals surface area contributed by atoms with Crippen LogP contribution in [0.3, 0.4) is 0 Å². The molecule has 7 rings (SSSR count). The number of nitrogens with zero attached hydrogens (tertiary/aromatic N) is 4. The minimum Gasteiger partial charge on any atom is -0.496 e. The van der Waals surface area contributed by atoms with Gasteiger partial charge in [-0.15, -0.1) is 0 Å². The largest absolute Gasteiger partial charge is 0.496 e. The lowest BCUT2D eigenvalue weighted by Crippen LogP contribution is -2.52. The smallest absolute Gasteiger partial charge is 0.241 e. The molecule has 0 bridgehead atoms. The lowest BCUT2D eigenvalue weighted by atomic mass is 9.62. The first kappa shape index (κ1) is 32.9. The van der Waals surface area contributed by atoms with Crippen LogP contribution in [-0.4, -0.2) is 79.8 Å². The third-order valence-electron chi connectivity index (χ3n) is 9.47. The fraction of sp³-hybridized carbons (Fsp3) is 0.211. The summed E-state index contributed by atoms with van der Waals surface area (Å²) < 4.78 is 19.5. The number of anilines is 1. The highest BCUT2D eigenvalue weighted by Crippen LogP contribution is 2.53. The zero-order valence-corrected chi connectivity index (χ0v) is 27.2. The average molecular weight is 674 g/mol. The summed E-state index contributed by atoms with van der Waals surface area (Å²) in [5, 5.41) is 33.3. The number of hydrogen-bond donors (Lipinski definition) is 4. The van der Waals surface area contributed by atoms with Crippen molar-refractivity contribution in [2.24, 2.45) is 0 Å². The van der Waals surface area contributed by atoms with Gasteiger partial charge in [-0.25, -0.2) is 15.0 Å². The van der Waals surface area contributed by atoms with E-state index in [0.29, 0.717) is 28.2 Å². The molecule has 4 atom stereocenters. The molecule has 12 nitrogen and oxygen atoms in total. The van der Waals surface area contributed by atoms with Gasteiger partial charge in [0.25, 0.3) is 0 Å². The lowest BCUT2D eigenvalue weighted by molar-refractivity contribution is -0.113. The van der Waals surface area contributed by atoms with Crippen LogP contribution in [0.25, 0.3) is 11.2 Å².